The Hall–Kier alpha value is -1.96. The van der Waals surface area contributed by atoms with Crippen molar-refractivity contribution < 1.29 is 27.1 Å². The molecule has 0 aliphatic heterocycles. The third-order valence-corrected chi connectivity index (χ3v) is 3.44. The van der Waals surface area contributed by atoms with Crippen molar-refractivity contribution in [3.05, 3.63) is 45.7 Å². The van der Waals surface area contributed by atoms with Gasteiger partial charge < -0.3 is 4.74 Å². The summed E-state index contributed by atoms with van der Waals surface area (Å²) in [5.74, 6) is -1.80. The fourth-order valence-electron chi connectivity index (χ4n) is 1.53. The molecule has 0 saturated heterocycles. The Labute approximate surface area is 114 Å². The third kappa shape index (κ3) is 2.64. The van der Waals surface area contributed by atoms with Crippen molar-refractivity contribution in [3.8, 4) is 5.75 Å². The van der Waals surface area contributed by atoms with Crippen LogP contribution in [0.4, 0.5) is 17.6 Å². The molecule has 20 heavy (non-hydrogen) atoms. The van der Waals surface area contributed by atoms with Crippen LogP contribution in [-0.2, 0) is 6.18 Å². The van der Waals surface area contributed by atoms with Gasteiger partial charge in [-0.1, -0.05) is 6.07 Å². The number of hydrogen-bond acceptors (Lipinski definition) is 4. The van der Waals surface area contributed by atoms with Crippen molar-refractivity contribution >= 4 is 17.1 Å². The van der Waals surface area contributed by atoms with Gasteiger partial charge in [0.2, 0.25) is 5.78 Å². The van der Waals surface area contributed by atoms with E-state index in [0.717, 1.165) is 12.3 Å². The minimum atomic E-state index is -4.64. The van der Waals surface area contributed by atoms with E-state index in [0.29, 0.717) is 0 Å². The minimum absolute atomic E-state index is 0.0445. The molecule has 0 saturated carbocycles. The van der Waals surface area contributed by atoms with E-state index in [-0.39, 0.29) is 22.0 Å². The first-order chi connectivity index (χ1) is 9.34. The maximum Gasteiger partial charge on any atom is 0.443 e. The zero-order valence-corrected chi connectivity index (χ0v) is 10.8. The van der Waals surface area contributed by atoms with Crippen LogP contribution < -0.4 is 4.74 Å². The lowest BCUT2D eigenvalue weighted by atomic mass is 10.1. The summed E-state index contributed by atoms with van der Waals surface area (Å²) in [6.07, 6.45) is -3.86. The SMILES string of the molecule is COc1cccc(F)c1C(=O)c1cnc(C(F)(F)F)s1. The van der Waals surface area contributed by atoms with Crippen LogP contribution in [0.1, 0.15) is 20.2 Å². The molecular weight excluding hydrogens is 298 g/mol. The summed E-state index contributed by atoms with van der Waals surface area (Å²) in [6.45, 7) is 0. The van der Waals surface area contributed by atoms with E-state index >= 15 is 0 Å². The maximum atomic E-state index is 13.7. The van der Waals surface area contributed by atoms with Crippen LogP contribution >= 0.6 is 11.3 Å². The molecule has 8 heteroatoms. The molecule has 1 heterocycles. The van der Waals surface area contributed by atoms with Gasteiger partial charge in [-0.15, -0.1) is 11.3 Å². The van der Waals surface area contributed by atoms with E-state index in [1.165, 1.54) is 19.2 Å². The lowest BCUT2D eigenvalue weighted by Crippen LogP contribution is -2.05. The van der Waals surface area contributed by atoms with E-state index in [9.17, 15) is 22.4 Å². The zero-order valence-electron chi connectivity index (χ0n) is 9.99. The molecule has 0 aliphatic carbocycles. The number of halogens is 4. The molecule has 0 aliphatic rings. The number of ketones is 1. The van der Waals surface area contributed by atoms with Gasteiger partial charge in [0.25, 0.3) is 0 Å². The van der Waals surface area contributed by atoms with Gasteiger partial charge in [0.05, 0.1) is 12.0 Å². The Kier molecular flexibility index (Phi) is 3.76. The molecule has 1 aromatic heterocycles. The number of rotatable bonds is 3. The number of thiazole rings is 1. The topological polar surface area (TPSA) is 39.2 Å². The Morgan fingerprint density at radius 3 is 2.60 bits per heavy atom. The standard InChI is InChI=1S/C12H7F4NO2S/c1-19-7-4-2-3-6(13)9(7)10(18)8-5-17-11(20-8)12(14,15)16/h2-5H,1H3. The van der Waals surface area contributed by atoms with Gasteiger partial charge in [-0.2, -0.15) is 13.2 Å². The van der Waals surface area contributed by atoms with Crippen molar-refractivity contribution in [2.24, 2.45) is 0 Å². The molecular formula is C12H7F4NO2S. The molecule has 0 amide bonds. The fourth-order valence-corrected chi connectivity index (χ4v) is 2.26. The first-order valence-corrected chi connectivity index (χ1v) is 6.06. The van der Waals surface area contributed by atoms with E-state index in [4.69, 9.17) is 4.74 Å². The number of hydrogen-bond donors (Lipinski definition) is 0. The molecule has 0 atom stereocenters. The Morgan fingerprint density at radius 2 is 2.05 bits per heavy atom. The first kappa shape index (κ1) is 14.4. The second kappa shape index (κ2) is 5.20. The summed E-state index contributed by atoms with van der Waals surface area (Å²) in [7, 11) is 1.24. The lowest BCUT2D eigenvalue weighted by Gasteiger charge is -2.07. The van der Waals surface area contributed by atoms with Gasteiger partial charge in [-0.25, -0.2) is 9.37 Å². The molecule has 0 radical (unpaired) electrons. The van der Waals surface area contributed by atoms with Gasteiger partial charge in [-0.05, 0) is 12.1 Å². The molecule has 2 rings (SSSR count). The van der Waals surface area contributed by atoms with Crippen LogP contribution in [0.5, 0.6) is 5.75 Å². The molecule has 0 fully saturated rings. The summed E-state index contributed by atoms with van der Waals surface area (Å²) in [6, 6.07) is 3.71. The molecule has 106 valence electrons. The van der Waals surface area contributed by atoms with Crippen molar-refractivity contribution in [3.63, 3.8) is 0 Å². The normalized spacial score (nSPS) is 11.4. The molecule has 1 aromatic carbocycles. The molecule has 3 nitrogen and oxygen atoms in total. The van der Waals surface area contributed by atoms with Crippen LogP contribution in [0.25, 0.3) is 0 Å². The van der Waals surface area contributed by atoms with Crippen LogP contribution in [0.15, 0.2) is 24.4 Å². The number of carbonyl (C=O) groups excluding carboxylic acids is 1. The van der Waals surface area contributed by atoms with Crippen LogP contribution in [0.3, 0.4) is 0 Å². The molecule has 0 bridgehead atoms. The zero-order chi connectivity index (χ0) is 14.9. The number of benzene rings is 1. The van der Waals surface area contributed by atoms with E-state index in [1.807, 2.05) is 0 Å². The van der Waals surface area contributed by atoms with Gasteiger partial charge in [0, 0.05) is 6.20 Å². The quantitative estimate of drug-likeness (QED) is 0.643. The van der Waals surface area contributed by atoms with Crippen molar-refractivity contribution in [1.82, 2.24) is 4.98 Å². The Bertz CT molecular complexity index is 651. The fraction of sp³-hybridized carbons (Fsp3) is 0.167. The Balaban J connectivity index is 2.45. The highest BCUT2D eigenvalue weighted by Gasteiger charge is 2.35. The van der Waals surface area contributed by atoms with Gasteiger partial charge in [-0.3, -0.25) is 4.79 Å². The summed E-state index contributed by atoms with van der Waals surface area (Å²) in [4.78, 5) is 14.9. The van der Waals surface area contributed by atoms with Crippen LogP contribution in [-0.4, -0.2) is 17.9 Å². The molecule has 2 aromatic rings. The van der Waals surface area contributed by atoms with Crippen molar-refractivity contribution in [1.29, 1.82) is 0 Å². The molecule has 0 spiro atoms. The summed E-state index contributed by atoms with van der Waals surface area (Å²) >= 11 is 0.163. The first-order valence-electron chi connectivity index (χ1n) is 5.25. The van der Waals surface area contributed by atoms with Crippen LogP contribution in [0, 0.1) is 5.82 Å². The molecule has 0 unspecified atom stereocenters. The minimum Gasteiger partial charge on any atom is -0.496 e. The third-order valence-electron chi connectivity index (χ3n) is 2.39. The smallest absolute Gasteiger partial charge is 0.443 e. The number of methoxy groups -OCH3 is 1. The second-order valence-corrected chi connectivity index (χ2v) is 4.70. The average molecular weight is 305 g/mol. The van der Waals surface area contributed by atoms with Crippen molar-refractivity contribution in [2.75, 3.05) is 7.11 Å². The highest BCUT2D eigenvalue weighted by molar-refractivity contribution is 7.14. The number of alkyl halides is 3. The van der Waals surface area contributed by atoms with Crippen molar-refractivity contribution in [2.45, 2.75) is 6.18 Å². The highest BCUT2D eigenvalue weighted by Crippen LogP contribution is 2.34. The van der Waals surface area contributed by atoms with Gasteiger partial charge in [0.15, 0.2) is 5.01 Å². The van der Waals surface area contributed by atoms with Gasteiger partial charge in [0.1, 0.15) is 17.1 Å². The summed E-state index contributed by atoms with van der Waals surface area (Å²) in [5.41, 5.74) is -0.410. The summed E-state index contributed by atoms with van der Waals surface area (Å²) in [5, 5.41) is -1.16. The Morgan fingerprint density at radius 1 is 1.35 bits per heavy atom. The van der Waals surface area contributed by atoms with Gasteiger partial charge >= 0.3 is 6.18 Å². The monoisotopic (exact) mass is 305 g/mol. The van der Waals surface area contributed by atoms with E-state index in [1.54, 1.807) is 0 Å². The predicted molar refractivity (Wildman–Crippen MR) is 63.5 cm³/mol. The average Bonchev–Trinajstić information content (AvgIpc) is 2.87. The lowest BCUT2D eigenvalue weighted by molar-refractivity contribution is -0.137. The highest BCUT2D eigenvalue weighted by atomic mass is 32.1. The largest absolute Gasteiger partial charge is 0.496 e. The number of nitrogens with zero attached hydrogens (tertiary/aromatic N) is 1. The number of carbonyl (C=O) groups is 1. The van der Waals surface area contributed by atoms with E-state index in [2.05, 4.69) is 4.98 Å². The molecule has 0 N–H and O–H groups in total. The predicted octanol–water partition coefficient (Wildman–Crippen LogP) is 3.54. The van der Waals surface area contributed by atoms with E-state index < -0.39 is 28.3 Å². The number of ether oxygens (including phenoxy) is 1. The maximum absolute atomic E-state index is 13.7. The summed E-state index contributed by atoms with van der Waals surface area (Å²) < 4.78 is 55.8. The number of aromatic nitrogens is 1. The van der Waals surface area contributed by atoms with Crippen LogP contribution in [0.2, 0.25) is 0 Å². The second-order valence-electron chi connectivity index (χ2n) is 3.67.